The lowest BCUT2D eigenvalue weighted by Gasteiger charge is -2.44. The van der Waals surface area contributed by atoms with Crippen LogP contribution in [0.5, 0.6) is 0 Å². The molecule has 3 fully saturated rings. The van der Waals surface area contributed by atoms with Gasteiger partial charge in [0, 0.05) is 44.3 Å². The van der Waals surface area contributed by atoms with Crippen LogP contribution in [-0.4, -0.2) is 60.4 Å². The molecule has 3 aliphatic heterocycles. The minimum absolute atomic E-state index is 0.203. The van der Waals surface area contributed by atoms with E-state index >= 15 is 0 Å². The second-order valence-electron chi connectivity index (χ2n) is 7.52. The second kappa shape index (κ2) is 7.16. The summed E-state index contributed by atoms with van der Waals surface area (Å²) in [5, 5.41) is 0. The number of anilines is 1. The van der Waals surface area contributed by atoms with E-state index in [0.29, 0.717) is 18.9 Å². The predicted molar refractivity (Wildman–Crippen MR) is 97.5 cm³/mol. The Hall–Kier alpha value is -1.88. The molecular weight excluding hydrogens is 314 g/mol. The molecule has 5 nitrogen and oxygen atoms in total. The molecule has 1 aromatic rings. The molecule has 3 heterocycles. The van der Waals surface area contributed by atoms with E-state index in [1.807, 2.05) is 34.1 Å². The van der Waals surface area contributed by atoms with E-state index in [0.717, 1.165) is 43.9 Å². The topological polar surface area (TPSA) is 43.9 Å². The molecule has 0 aromatic heterocycles. The van der Waals surface area contributed by atoms with Crippen LogP contribution >= 0.6 is 0 Å². The van der Waals surface area contributed by atoms with Crippen molar-refractivity contribution in [2.45, 2.75) is 44.6 Å². The van der Waals surface area contributed by atoms with Crippen LogP contribution in [-0.2, 0) is 16.0 Å². The number of hydrogen-bond acceptors (Lipinski definition) is 3. The Labute approximate surface area is 149 Å². The average molecular weight is 341 g/mol. The summed E-state index contributed by atoms with van der Waals surface area (Å²) < 4.78 is 0. The molecule has 4 rings (SSSR count). The van der Waals surface area contributed by atoms with Crippen molar-refractivity contribution in [3.63, 3.8) is 0 Å². The monoisotopic (exact) mass is 341 g/mol. The zero-order valence-corrected chi connectivity index (χ0v) is 14.8. The number of carbonyl (C=O) groups is 2. The first-order chi connectivity index (χ1) is 12.2. The highest BCUT2D eigenvalue weighted by molar-refractivity contribution is 5.95. The van der Waals surface area contributed by atoms with Crippen molar-refractivity contribution in [2.75, 3.05) is 37.6 Å². The fraction of sp³-hybridized carbons (Fsp3) is 0.600. The summed E-state index contributed by atoms with van der Waals surface area (Å²) in [4.78, 5) is 30.9. The van der Waals surface area contributed by atoms with Gasteiger partial charge in [0.15, 0.2) is 0 Å². The van der Waals surface area contributed by atoms with Gasteiger partial charge in [-0.15, -0.1) is 0 Å². The minimum atomic E-state index is 0.203. The van der Waals surface area contributed by atoms with Crippen LogP contribution in [0.25, 0.3) is 0 Å². The Morgan fingerprint density at radius 2 is 1.84 bits per heavy atom. The number of nitrogens with zero attached hydrogens (tertiary/aromatic N) is 3. The number of amides is 2. The minimum Gasteiger partial charge on any atom is -0.340 e. The van der Waals surface area contributed by atoms with Gasteiger partial charge in [-0.05, 0) is 43.5 Å². The van der Waals surface area contributed by atoms with Gasteiger partial charge in [0.1, 0.15) is 0 Å². The van der Waals surface area contributed by atoms with Crippen molar-refractivity contribution < 1.29 is 9.59 Å². The molecule has 134 valence electrons. The van der Waals surface area contributed by atoms with Gasteiger partial charge in [0.25, 0.3) is 0 Å². The van der Waals surface area contributed by atoms with Crippen LogP contribution in [0.3, 0.4) is 0 Å². The Morgan fingerprint density at radius 3 is 2.60 bits per heavy atom. The van der Waals surface area contributed by atoms with Gasteiger partial charge in [0.2, 0.25) is 11.8 Å². The van der Waals surface area contributed by atoms with Crippen molar-refractivity contribution in [2.24, 2.45) is 0 Å². The van der Waals surface area contributed by atoms with Gasteiger partial charge in [-0.2, -0.15) is 0 Å². The van der Waals surface area contributed by atoms with E-state index in [9.17, 15) is 9.59 Å². The third-order valence-corrected chi connectivity index (χ3v) is 5.87. The van der Waals surface area contributed by atoms with Crippen LogP contribution in [0.1, 0.15) is 37.7 Å². The summed E-state index contributed by atoms with van der Waals surface area (Å²) in [6.07, 6.45) is 5.86. The highest BCUT2D eigenvalue weighted by atomic mass is 16.2. The second-order valence-corrected chi connectivity index (χ2v) is 7.52. The van der Waals surface area contributed by atoms with Gasteiger partial charge in [-0.3, -0.25) is 14.5 Å². The fourth-order valence-corrected chi connectivity index (χ4v) is 4.38. The first-order valence-electron chi connectivity index (χ1n) is 9.62. The highest BCUT2D eigenvalue weighted by Crippen LogP contribution is 2.23. The summed E-state index contributed by atoms with van der Waals surface area (Å²) in [5.41, 5.74) is 1.99. The highest BCUT2D eigenvalue weighted by Gasteiger charge is 2.30. The molecule has 0 radical (unpaired) electrons. The normalized spacial score (nSPS) is 24.5. The van der Waals surface area contributed by atoms with E-state index in [4.69, 9.17) is 0 Å². The zero-order valence-electron chi connectivity index (χ0n) is 14.8. The summed E-state index contributed by atoms with van der Waals surface area (Å²) in [5.74, 6) is 0.435. The molecule has 0 spiro atoms. The Morgan fingerprint density at radius 1 is 1.00 bits per heavy atom. The van der Waals surface area contributed by atoms with Gasteiger partial charge in [-0.25, -0.2) is 0 Å². The lowest BCUT2D eigenvalue weighted by atomic mass is 9.99. The fourth-order valence-electron chi connectivity index (χ4n) is 4.38. The van der Waals surface area contributed by atoms with Crippen LogP contribution in [0.4, 0.5) is 5.69 Å². The molecule has 0 aliphatic carbocycles. The molecule has 1 atom stereocenters. The maximum Gasteiger partial charge on any atom is 0.227 e. The number of carbonyl (C=O) groups excluding carboxylic acids is 2. The number of hydrogen-bond donors (Lipinski definition) is 0. The molecule has 0 bridgehead atoms. The average Bonchev–Trinajstić information content (AvgIpc) is 3.08. The van der Waals surface area contributed by atoms with Crippen molar-refractivity contribution in [1.82, 2.24) is 9.80 Å². The third-order valence-electron chi connectivity index (χ3n) is 5.87. The Kier molecular flexibility index (Phi) is 4.75. The molecule has 5 heteroatoms. The van der Waals surface area contributed by atoms with Crippen LogP contribution in [0.15, 0.2) is 24.3 Å². The standard InChI is InChI=1S/C20H27N3O2/c24-19-5-3-11-23(19)17-8-6-16(7-9-17)14-20(25)22-13-12-21-10-2-1-4-18(21)15-22/h6-9,18H,1-5,10-15H2/t18-/m1/s1. The van der Waals surface area contributed by atoms with Gasteiger partial charge in [-0.1, -0.05) is 18.6 Å². The smallest absolute Gasteiger partial charge is 0.227 e. The molecule has 0 unspecified atom stereocenters. The van der Waals surface area contributed by atoms with E-state index in [1.165, 1.54) is 25.8 Å². The van der Waals surface area contributed by atoms with E-state index in [2.05, 4.69) is 4.90 Å². The molecule has 0 saturated carbocycles. The molecule has 3 aliphatic rings. The van der Waals surface area contributed by atoms with Crippen LogP contribution < -0.4 is 4.90 Å². The van der Waals surface area contributed by atoms with Gasteiger partial charge in [0.05, 0.1) is 6.42 Å². The summed E-state index contributed by atoms with van der Waals surface area (Å²) in [6, 6.07) is 8.51. The molecule has 25 heavy (non-hydrogen) atoms. The van der Waals surface area contributed by atoms with Crippen molar-refractivity contribution in [3.8, 4) is 0 Å². The van der Waals surface area contributed by atoms with Gasteiger partial charge >= 0.3 is 0 Å². The number of rotatable bonds is 3. The molecule has 1 aromatic carbocycles. The first kappa shape index (κ1) is 16.6. The molecular formula is C20H27N3O2. The maximum atomic E-state index is 12.7. The first-order valence-corrected chi connectivity index (χ1v) is 9.62. The van der Waals surface area contributed by atoms with Crippen molar-refractivity contribution in [3.05, 3.63) is 29.8 Å². The van der Waals surface area contributed by atoms with Crippen molar-refractivity contribution in [1.29, 1.82) is 0 Å². The summed E-state index contributed by atoms with van der Waals surface area (Å²) in [6.45, 7) is 4.77. The number of piperazine rings is 1. The number of fused-ring (bicyclic) bond motifs is 1. The third kappa shape index (κ3) is 3.56. The quantitative estimate of drug-likeness (QED) is 0.845. The number of benzene rings is 1. The molecule has 3 saturated heterocycles. The lowest BCUT2D eigenvalue weighted by Crippen LogP contribution is -2.56. The summed E-state index contributed by atoms with van der Waals surface area (Å²) in [7, 11) is 0. The number of piperidine rings is 1. The zero-order chi connectivity index (χ0) is 17.2. The van der Waals surface area contributed by atoms with Gasteiger partial charge < -0.3 is 9.80 Å². The van der Waals surface area contributed by atoms with E-state index < -0.39 is 0 Å². The van der Waals surface area contributed by atoms with E-state index in [-0.39, 0.29) is 11.8 Å². The van der Waals surface area contributed by atoms with Crippen LogP contribution in [0.2, 0.25) is 0 Å². The largest absolute Gasteiger partial charge is 0.340 e. The van der Waals surface area contributed by atoms with Crippen molar-refractivity contribution >= 4 is 17.5 Å². The van der Waals surface area contributed by atoms with E-state index in [1.54, 1.807) is 0 Å². The Balaban J connectivity index is 1.35. The van der Waals surface area contributed by atoms with Crippen LogP contribution in [0, 0.1) is 0 Å². The maximum absolute atomic E-state index is 12.7. The molecule has 2 amide bonds. The molecule has 0 N–H and O–H groups in total. The Bertz CT molecular complexity index is 643. The lowest BCUT2D eigenvalue weighted by molar-refractivity contribution is -0.134. The SMILES string of the molecule is O=C(Cc1ccc(N2CCCC2=O)cc1)N1CCN2CCCC[C@@H]2C1. The summed E-state index contributed by atoms with van der Waals surface area (Å²) >= 11 is 0. The predicted octanol–water partition coefficient (Wildman–Crippen LogP) is 2.05.